The number of carbonyl (C=O) groups excluding carboxylic acids is 1. The van der Waals surface area contributed by atoms with E-state index in [9.17, 15) is 18.0 Å². The fourth-order valence-electron chi connectivity index (χ4n) is 1.61. The number of amidine groups is 1. The monoisotopic (exact) mass is 305 g/mol. The van der Waals surface area contributed by atoms with E-state index in [1.54, 1.807) is 19.1 Å². The van der Waals surface area contributed by atoms with Gasteiger partial charge in [0.2, 0.25) is 5.91 Å². The van der Waals surface area contributed by atoms with Crippen LogP contribution < -0.4 is 11.1 Å². The number of nitrogens with zero attached hydrogens (tertiary/aromatic N) is 1. The molecule has 116 valence electrons. The number of hydrogen-bond acceptors (Lipinski definition) is 4. The minimum Gasteiger partial charge on any atom is -0.409 e. The third kappa shape index (κ3) is 5.30. The second-order valence-corrected chi connectivity index (χ2v) is 4.14. The molecule has 0 unspecified atom stereocenters. The van der Waals surface area contributed by atoms with Crippen LogP contribution in [0, 0.1) is 6.92 Å². The van der Waals surface area contributed by atoms with Crippen LogP contribution in [0.5, 0.6) is 0 Å². The Balaban J connectivity index is 2.75. The molecule has 0 saturated heterocycles. The van der Waals surface area contributed by atoms with Gasteiger partial charge in [0.15, 0.2) is 5.84 Å². The molecule has 4 N–H and O–H groups in total. The van der Waals surface area contributed by atoms with Gasteiger partial charge in [0.25, 0.3) is 0 Å². The smallest absolute Gasteiger partial charge is 0.409 e. The van der Waals surface area contributed by atoms with E-state index in [-0.39, 0.29) is 17.1 Å². The van der Waals surface area contributed by atoms with Gasteiger partial charge in [-0.2, -0.15) is 13.2 Å². The van der Waals surface area contributed by atoms with Crippen LogP contribution in [-0.2, 0) is 9.53 Å². The number of halogens is 3. The SMILES string of the molecule is Cc1cccc(NC(=O)COCC(F)(F)F)c1/C(N)=N/O. The van der Waals surface area contributed by atoms with Crippen LogP contribution in [0.4, 0.5) is 18.9 Å². The van der Waals surface area contributed by atoms with Crippen molar-refractivity contribution >= 4 is 17.4 Å². The number of aryl methyl sites for hydroxylation is 1. The fraction of sp³-hybridized carbons (Fsp3) is 0.333. The summed E-state index contributed by atoms with van der Waals surface area (Å²) >= 11 is 0. The number of amides is 1. The zero-order valence-electron chi connectivity index (χ0n) is 11.1. The normalized spacial score (nSPS) is 12.3. The molecule has 1 aromatic carbocycles. The van der Waals surface area contributed by atoms with Gasteiger partial charge in [-0.1, -0.05) is 17.3 Å². The highest BCUT2D eigenvalue weighted by Crippen LogP contribution is 2.19. The van der Waals surface area contributed by atoms with Gasteiger partial charge in [-0.05, 0) is 18.6 Å². The molecular formula is C12H14F3N3O3. The van der Waals surface area contributed by atoms with Crippen molar-refractivity contribution in [3.63, 3.8) is 0 Å². The molecule has 0 atom stereocenters. The van der Waals surface area contributed by atoms with Crippen LogP contribution in [0.15, 0.2) is 23.4 Å². The quantitative estimate of drug-likeness (QED) is 0.333. The summed E-state index contributed by atoms with van der Waals surface area (Å²) in [6.45, 7) is -0.604. The molecule has 0 aliphatic rings. The molecule has 0 fully saturated rings. The van der Waals surface area contributed by atoms with E-state index in [2.05, 4.69) is 15.2 Å². The maximum atomic E-state index is 11.9. The van der Waals surface area contributed by atoms with E-state index < -0.39 is 25.3 Å². The van der Waals surface area contributed by atoms with Crippen molar-refractivity contribution in [1.82, 2.24) is 0 Å². The zero-order valence-corrected chi connectivity index (χ0v) is 11.1. The molecule has 1 aromatic rings. The number of benzene rings is 1. The first-order valence-electron chi connectivity index (χ1n) is 5.76. The van der Waals surface area contributed by atoms with Crippen LogP contribution in [0.25, 0.3) is 0 Å². The van der Waals surface area contributed by atoms with Crippen molar-refractivity contribution in [2.75, 3.05) is 18.5 Å². The average Bonchev–Trinajstić information content (AvgIpc) is 2.36. The van der Waals surface area contributed by atoms with Crippen molar-refractivity contribution in [3.8, 4) is 0 Å². The predicted octanol–water partition coefficient (Wildman–Crippen LogP) is 1.61. The lowest BCUT2D eigenvalue weighted by Gasteiger charge is -2.13. The van der Waals surface area contributed by atoms with Crippen LogP contribution in [0.1, 0.15) is 11.1 Å². The van der Waals surface area contributed by atoms with Gasteiger partial charge in [0.1, 0.15) is 13.2 Å². The standard InChI is InChI=1S/C12H14F3N3O3/c1-7-3-2-4-8(10(7)11(16)18-20)17-9(19)5-21-6-12(13,14)15/h2-4,20H,5-6H2,1H3,(H2,16,18)(H,17,19). The highest BCUT2D eigenvalue weighted by molar-refractivity contribution is 6.06. The van der Waals surface area contributed by atoms with Crippen molar-refractivity contribution in [3.05, 3.63) is 29.3 Å². The van der Waals surface area contributed by atoms with Crippen molar-refractivity contribution in [2.24, 2.45) is 10.9 Å². The van der Waals surface area contributed by atoms with Crippen LogP contribution in [0.3, 0.4) is 0 Å². The lowest BCUT2D eigenvalue weighted by atomic mass is 10.1. The summed E-state index contributed by atoms with van der Waals surface area (Å²) in [6, 6.07) is 4.75. The number of nitrogens with one attached hydrogen (secondary N) is 1. The number of carbonyl (C=O) groups is 1. The molecular weight excluding hydrogens is 291 g/mol. The summed E-state index contributed by atoms with van der Waals surface area (Å²) in [7, 11) is 0. The first-order valence-corrected chi connectivity index (χ1v) is 5.76. The highest BCUT2D eigenvalue weighted by atomic mass is 19.4. The van der Waals surface area contributed by atoms with Gasteiger partial charge in [-0.3, -0.25) is 4.79 Å². The molecule has 0 aliphatic heterocycles. The molecule has 0 aliphatic carbocycles. The zero-order chi connectivity index (χ0) is 16.0. The molecule has 0 heterocycles. The molecule has 6 nitrogen and oxygen atoms in total. The summed E-state index contributed by atoms with van der Waals surface area (Å²) < 4.78 is 39.9. The van der Waals surface area contributed by atoms with Crippen molar-refractivity contribution < 1.29 is 27.9 Å². The second kappa shape index (κ2) is 6.93. The van der Waals surface area contributed by atoms with E-state index in [4.69, 9.17) is 10.9 Å². The second-order valence-electron chi connectivity index (χ2n) is 4.14. The van der Waals surface area contributed by atoms with Crippen molar-refractivity contribution in [1.29, 1.82) is 0 Å². The molecule has 1 amide bonds. The minimum atomic E-state index is -4.50. The van der Waals surface area contributed by atoms with Crippen LogP contribution >= 0.6 is 0 Å². The number of anilines is 1. The highest BCUT2D eigenvalue weighted by Gasteiger charge is 2.27. The van der Waals surface area contributed by atoms with Crippen molar-refractivity contribution in [2.45, 2.75) is 13.1 Å². The summed E-state index contributed by atoms with van der Waals surface area (Å²) in [6.07, 6.45) is -4.50. The number of rotatable bonds is 5. The molecule has 9 heteroatoms. The minimum absolute atomic E-state index is 0.214. The molecule has 0 aromatic heterocycles. The molecule has 0 spiro atoms. The van der Waals surface area contributed by atoms with Gasteiger partial charge < -0.3 is 21.0 Å². The summed E-state index contributed by atoms with van der Waals surface area (Å²) in [5, 5.41) is 13.9. The van der Waals surface area contributed by atoms with E-state index in [0.717, 1.165) is 0 Å². The predicted molar refractivity (Wildman–Crippen MR) is 69.2 cm³/mol. The Hall–Kier alpha value is -2.29. The first-order chi connectivity index (χ1) is 9.74. The van der Waals surface area contributed by atoms with Gasteiger partial charge in [-0.25, -0.2) is 0 Å². The van der Waals surface area contributed by atoms with E-state index in [1.165, 1.54) is 6.07 Å². The Kier molecular flexibility index (Phi) is 5.53. The summed E-state index contributed by atoms with van der Waals surface area (Å²) in [4.78, 5) is 11.5. The van der Waals surface area contributed by atoms with Gasteiger partial charge in [0.05, 0.1) is 5.69 Å². The molecule has 1 rings (SSSR count). The summed E-state index contributed by atoms with van der Waals surface area (Å²) in [5.74, 6) is -1.00. The third-order valence-corrected chi connectivity index (χ3v) is 2.41. The maximum absolute atomic E-state index is 11.9. The Morgan fingerprint density at radius 3 is 2.71 bits per heavy atom. The third-order valence-electron chi connectivity index (χ3n) is 2.41. The number of oxime groups is 1. The molecule has 0 radical (unpaired) electrons. The molecule has 0 bridgehead atoms. The lowest BCUT2D eigenvalue weighted by Crippen LogP contribution is -2.25. The van der Waals surface area contributed by atoms with E-state index >= 15 is 0 Å². The molecule has 0 saturated carbocycles. The average molecular weight is 305 g/mol. The van der Waals surface area contributed by atoms with Crippen LogP contribution in [-0.4, -0.2) is 36.3 Å². The van der Waals surface area contributed by atoms with E-state index in [0.29, 0.717) is 5.56 Å². The lowest BCUT2D eigenvalue weighted by molar-refractivity contribution is -0.174. The number of ether oxygens (including phenoxy) is 1. The van der Waals surface area contributed by atoms with Gasteiger partial charge in [-0.15, -0.1) is 0 Å². The Bertz CT molecular complexity index is 544. The Morgan fingerprint density at radius 2 is 2.14 bits per heavy atom. The fourth-order valence-corrected chi connectivity index (χ4v) is 1.61. The number of nitrogens with two attached hydrogens (primary N) is 1. The van der Waals surface area contributed by atoms with Gasteiger partial charge >= 0.3 is 6.18 Å². The van der Waals surface area contributed by atoms with Crippen LogP contribution in [0.2, 0.25) is 0 Å². The number of alkyl halides is 3. The topological polar surface area (TPSA) is 96.9 Å². The largest absolute Gasteiger partial charge is 0.411 e. The molecule has 21 heavy (non-hydrogen) atoms. The Morgan fingerprint density at radius 1 is 1.48 bits per heavy atom. The maximum Gasteiger partial charge on any atom is 0.411 e. The summed E-state index contributed by atoms with van der Waals surface area (Å²) in [5.41, 5.74) is 6.62. The first kappa shape index (κ1) is 16.8. The van der Waals surface area contributed by atoms with E-state index in [1.807, 2.05) is 0 Å². The number of hydrogen-bond donors (Lipinski definition) is 3. The Labute approximate surface area is 118 Å². The van der Waals surface area contributed by atoms with Gasteiger partial charge in [0, 0.05) is 5.56 Å².